The van der Waals surface area contributed by atoms with Crippen molar-refractivity contribution in [2.75, 3.05) is 46.5 Å². The molecule has 0 aliphatic rings. The molecule has 8 nitrogen and oxygen atoms in total. The number of nitrogens with one attached hydrogen (secondary N) is 1. The van der Waals surface area contributed by atoms with Crippen LogP contribution in [0, 0.1) is 5.92 Å². The molecule has 1 N–H and O–H groups in total. The van der Waals surface area contributed by atoms with Crippen LogP contribution < -0.4 is 5.32 Å². The van der Waals surface area contributed by atoms with Gasteiger partial charge in [0.25, 0.3) is 6.47 Å². The molecule has 58 heavy (non-hydrogen) atoms. The maximum Gasteiger partial charge on any atom is 0.305 e. The molecule has 1 atom stereocenters. The Bertz CT molecular complexity index is 827. The Labute approximate surface area is 361 Å². The molecule has 0 fully saturated rings. The molecular weight excluding hydrogens is 725 g/mol. The van der Waals surface area contributed by atoms with Crippen LogP contribution >= 0.6 is 0 Å². The summed E-state index contributed by atoms with van der Waals surface area (Å²) < 4.78 is 15.6. The number of ether oxygens (including phenoxy) is 3. The number of amides is 1. The van der Waals surface area contributed by atoms with Crippen molar-refractivity contribution in [2.45, 2.75) is 253 Å². The topological polar surface area (TPSA) is 94.2 Å². The van der Waals surface area contributed by atoms with Crippen LogP contribution in [0.1, 0.15) is 247 Å². The SMILES string of the molecule is CCCCCCCCC(CCCCCCCC)OC=O.CCCCCCCCN(CCCCCCCC(=O)OCC(C)CCCCCCC)CCCNC(=O)COC. The smallest absolute Gasteiger partial charge is 0.305 e. The summed E-state index contributed by atoms with van der Waals surface area (Å²) in [5, 5.41) is 2.93. The Morgan fingerprint density at radius 2 is 0.966 bits per heavy atom. The van der Waals surface area contributed by atoms with Crippen LogP contribution in [0.25, 0.3) is 0 Å². The normalized spacial score (nSPS) is 11.7. The maximum absolute atomic E-state index is 12.1. The largest absolute Gasteiger partial charge is 0.465 e. The van der Waals surface area contributed by atoms with Crippen molar-refractivity contribution in [1.29, 1.82) is 0 Å². The molecule has 0 bridgehead atoms. The van der Waals surface area contributed by atoms with E-state index in [1.807, 2.05) is 0 Å². The standard InChI is InChI=1S/C32H64N2O4.C18H36O2/c1-5-7-9-11-15-19-25-34(27-21-24-33-31(35)29-37-4)26-20-16-12-14-18-23-32(36)38-28-30(3)22-17-13-10-8-6-2;1-3-5-7-9-11-13-15-18(20-17-19)16-14-12-10-8-6-4-2/h30H,5-29H2,1-4H3,(H,33,35);17-18H,3-16H2,1-2H3. The average Bonchev–Trinajstić information content (AvgIpc) is 3.22. The zero-order chi connectivity index (χ0) is 43.0. The highest BCUT2D eigenvalue weighted by Gasteiger charge is 2.10. The van der Waals surface area contributed by atoms with Gasteiger partial charge >= 0.3 is 5.97 Å². The third-order valence-corrected chi connectivity index (χ3v) is 11.3. The van der Waals surface area contributed by atoms with E-state index in [0.29, 0.717) is 32.0 Å². The fraction of sp³-hybridized carbons (Fsp3) is 0.940. The minimum Gasteiger partial charge on any atom is -0.465 e. The van der Waals surface area contributed by atoms with Crippen molar-refractivity contribution < 1.29 is 28.6 Å². The molecule has 0 saturated carbocycles. The van der Waals surface area contributed by atoms with Crippen LogP contribution in [-0.2, 0) is 28.6 Å². The maximum atomic E-state index is 12.1. The van der Waals surface area contributed by atoms with Crippen LogP contribution in [0.5, 0.6) is 0 Å². The number of carbonyl (C=O) groups is 3. The van der Waals surface area contributed by atoms with Crippen molar-refractivity contribution in [3.05, 3.63) is 0 Å². The monoisotopic (exact) mass is 825 g/mol. The fourth-order valence-electron chi connectivity index (χ4n) is 7.45. The molecular formula is C50H100N2O6. The van der Waals surface area contributed by atoms with Crippen LogP contribution in [0.4, 0.5) is 0 Å². The zero-order valence-electron chi connectivity index (χ0n) is 39.7. The predicted molar refractivity (Wildman–Crippen MR) is 247 cm³/mol. The molecule has 1 unspecified atom stereocenters. The highest BCUT2D eigenvalue weighted by atomic mass is 16.5. The number of methoxy groups -OCH3 is 1. The first-order valence-corrected chi connectivity index (χ1v) is 25.1. The second kappa shape index (κ2) is 49.7. The number of esters is 1. The van der Waals surface area contributed by atoms with Crippen LogP contribution in [0.3, 0.4) is 0 Å². The van der Waals surface area contributed by atoms with Gasteiger partial charge in [0, 0.05) is 20.1 Å². The Balaban J connectivity index is 0. The van der Waals surface area contributed by atoms with E-state index in [1.54, 1.807) is 7.11 Å². The highest BCUT2D eigenvalue weighted by Crippen LogP contribution is 2.17. The number of carbonyl (C=O) groups excluding carboxylic acids is 3. The minimum atomic E-state index is -0.0360. The highest BCUT2D eigenvalue weighted by molar-refractivity contribution is 5.77. The molecule has 0 aliphatic carbocycles. The Kier molecular flexibility index (Phi) is 50.1. The first kappa shape index (κ1) is 58.4. The van der Waals surface area contributed by atoms with Crippen LogP contribution in [0.2, 0.25) is 0 Å². The zero-order valence-corrected chi connectivity index (χ0v) is 39.7. The van der Waals surface area contributed by atoms with E-state index in [4.69, 9.17) is 14.2 Å². The van der Waals surface area contributed by atoms with E-state index in [9.17, 15) is 14.4 Å². The van der Waals surface area contributed by atoms with Crippen molar-refractivity contribution in [2.24, 2.45) is 5.92 Å². The summed E-state index contributed by atoms with van der Waals surface area (Å²) in [5.41, 5.74) is 0. The summed E-state index contributed by atoms with van der Waals surface area (Å²) in [5.74, 6) is 0.415. The van der Waals surface area contributed by atoms with Gasteiger partial charge in [0.2, 0.25) is 5.91 Å². The molecule has 0 aromatic carbocycles. The molecule has 0 aliphatic heterocycles. The molecule has 8 heteroatoms. The van der Waals surface area contributed by atoms with Gasteiger partial charge in [0.1, 0.15) is 12.7 Å². The Morgan fingerprint density at radius 3 is 1.43 bits per heavy atom. The van der Waals surface area contributed by atoms with Crippen molar-refractivity contribution >= 4 is 18.3 Å². The Morgan fingerprint density at radius 1 is 0.552 bits per heavy atom. The van der Waals surface area contributed by atoms with Gasteiger partial charge in [0.15, 0.2) is 0 Å². The summed E-state index contributed by atoms with van der Waals surface area (Å²) >= 11 is 0. The molecule has 0 spiro atoms. The summed E-state index contributed by atoms with van der Waals surface area (Å²) in [7, 11) is 1.55. The quantitative estimate of drug-likeness (QED) is 0.0371. The lowest BCUT2D eigenvalue weighted by Crippen LogP contribution is -2.32. The van der Waals surface area contributed by atoms with Gasteiger partial charge in [-0.15, -0.1) is 0 Å². The van der Waals surface area contributed by atoms with Crippen molar-refractivity contribution in [3.8, 4) is 0 Å². The van der Waals surface area contributed by atoms with E-state index >= 15 is 0 Å². The molecule has 0 aromatic rings. The third kappa shape index (κ3) is 47.0. The molecule has 346 valence electrons. The predicted octanol–water partition coefficient (Wildman–Crippen LogP) is 13.7. The van der Waals surface area contributed by atoms with Gasteiger partial charge in [-0.25, -0.2) is 0 Å². The third-order valence-electron chi connectivity index (χ3n) is 11.3. The Hall–Kier alpha value is -1.67. The summed E-state index contributed by atoms with van der Waals surface area (Å²) in [6, 6.07) is 0. The molecule has 0 saturated heterocycles. The van der Waals surface area contributed by atoms with E-state index in [1.165, 1.54) is 167 Å². The lowest BCUT2D eigenvalue weighted by atomic mass is 10.0. The van der Waals surface area contributed by atoms with Gasteiger partial charge in [0.05, 0.1) is 6.61 Å². The number of hydrogen-bond donors (Lipinski definition) is 1. The lowest BCUT2D eigenvalue weighted by molar-refractivity contribution is -0.145. The van der Waals surface area contributed by atoms with Crippen molar-refractivity contribution in [1.82, 2.24) is 10.2 Å². The summed E-state index contributed by atoms with van der Waals surface area (Å²) in [4.78, 5) is 36.8. The van der Waals surface area contributed by atoms with E-state index in [2.05, 4.69) is 44.8 Å². The van der Waals surface area contributed by atoms with Gasteiger partial charge in [-0.1, -0.05) is 182 Å². The van der Waals surface area contributed by atoms with Gasteiger partial charge < -0.3 is 24.4 Å². The van der Waals surface area contributed by atoms with Crippen molar-refractivity contribution in [3.63, 3.8) is 0 Å². The lowest BCUT2D eigenvalue weighted by Gasteiger charge is -2.22. The number of hydrogen-bond acceptors (Lipinski definition) is 7. The fourth-order valence-corrected chi connectivity index (χ4v) is 7.45. The van der Waals surface area contributed by atoms with Crippen LogP contribution in [-0.4, -0.2) is 75.9 Å². The molecule has 0 aromatic heterocycles. The second-order valence-corrected chi connectivity index (χ2v) is 17.2. The summed E-state index contributed by atoms with van der Waals surface area (Å²) in [6.45, 7) is 16.6. The minimum absolute atomic E-state index is 0.0227. The van der Waals surface area contributed by atoms with Gasteiger partial charge in [-0.3, -0.25) is 14.4 Å². The number of rotatable bonds is 45. The summed E-state index contributed by atoms with van der Waals surface area (Å²) in [6.07, 6.45) is 40.7. The van der Waals surface area contributed by atoms with E-state index < -0.39 is 0 Å². The van der Waals surface area contributed by atoms with Gasteiger partial charge in [-0.05, 0) is 83.3 Å². The number of unbranched alkanes of at least 4 members (excludes halogenated alkanes) is 23. The molecule has 0 radical (unpaired) electrons. The second-order valence-electron chi connectivity index (χ2n) is 17.2. The molecule has 0 rings (SSSR count). The van der Waals surface area contributed by atoms with Crippen LogP contribution in [0.15, 0.2) is 0 Å². The number of nitrogens with zero attached hydrogens (tertiary/aromatic N) is 1. The average molecular weight is 825 g/mol. The first-order chi connectivity index (χ1) is 28.4. The molecule has 1 amide bonds. The van der Waals surface area contributed by atoms with Gasteiger partial charge in [-0.2, -0.15) is 0 Å². The van der Waals surface area contributed by atoms with E-state index in [-0.39, 0.29) is 24.6 Å². The van der Waals surface area contributed by atoms with E-state index in [0.717, 1.165) is 58.2 Å². The molecule has 0 heterocycles. The first-order valence-electron chi connectivity index (χ1n) is 25.1.